The molecular formula is C5H14N3P. The molecule has 1 unspecified atom stereocenters. The molecule has 0 aromatic carbocycles. The first kappa shape index (κ1) is 11.5. The van der Waals surface area contributed by atoms with E-state index in [2.05, 4.69) is 16.2 Å². The summed E-state index contributed by atoms with van der Waals surface area (Å²) in [5, 5.41) is 0. The van der Waals surface area contributed by atoms with Gasteiger partial charge in [-0.1, -0.05) is 19.8 Å². The van der Waals surface area contributed by atoms with Crippen molar-refractivity contribution in [3.8, 4) is 0 Å². The first-order valence-corrected chi connectivity index (χ1v) is 3.86. The van der Waals surface area contributed by atoms with Gasteiger partial charge in [0.25, 0.3) is 0 Å². The predicted octanol–water partition coefficient (Wildman–Crippen LogP) is 2.93. The van der Waals surface area contributed by atoms with Crippen molar-refractivity contribution >= 4 is 9.24 Å². The van der Waals surface area contributed by atoms with E-state index >= 15 is 0 Å². The topological polar surface area (TPSA) is 60.3 Å². The lowest BCUT2D eigenvalue weighted by Crippen LogP contribution is -1.70. The Balaban J connectivity index is 0. The summed E-state index contributed by atoms with van der Waals surface area (Å²) in [4.78, 5) is 1.75. The van der Waals surface area contributed by atoms with Gasteiger partial charge in [0.15, 0.2) is 0 Å². The fourth-order valence-electron chi connectivity index (χ4n) is 0.394. The van der Waals surface area contributed by atoms with Gasteiger partial charge in [0.05, 0.1) is 0 Å². The molecule has 54 valence electrons. The molecule has 0 aromatic rings. The van der Waals surface area contributed by atoms with E-state index in [1.165, 1.54) is 25.4 Å². The fourth-order valence-corrected chi connectivity index (χ4v) is 0.683. The molecule has 0 heterocycles. The number of nitrogens with one attached hydrogen (secondary N) is 1. The van der Waals surface area contributed by atoms with E-state index in [-0.39, 0.29) is 0 Å². The second-order valence-electron chi connectivity index (χ2n) is 1.60. The Morgan fingerprint density at radius 3 is 2.11 bits per heavy atom. The predicted molar refractivity (Wildman–Crippen MR) is 43.5 cm³/mol. The van der Waals surface area contributed by atoms with Gasteiger partial charge in [0.1, 0.15) is 0 Å². The maximum absolute atomic E-state index is 6.86. The molecule has 0 amide bonds. The van der Waals surface area contributed by atoms with Crippen LogP contribution in [0.2, 0.25) is 0 Å². The van der Waals surface area contributed by atoms with Crippen molar-refractivity contribution in [3.63, 3.8) is 0 Å². The quantitative estimate of drug-likeness (QED) is 0.210. The number of hydrogen-bond donors (Lipinski definition) is 1. The van der Waals surface area contributed by atoms with Crippen molar-refractivity contribution < 1.29 is 0 Å². The maximum Gasteiger partial charge on any atom is -0.00208 e. The third-order valence-corrected chi connectivity index (χ3v) is 1.22. The van der Waals surface area contributed by atoms with Gasteiger partial charge in [-0.25, -0.2) is 0 Å². The Hall–Kier alpha value is -0.260. The lowest BCUT2D eigenvalue weighted by Gasteiger charge is -1.86. The van der Waals surface area contributed by atoms with E-state index in [1.807, 2.05) is 0 Å². The molecule has 1 atom stereocenters. The maximum atomic E-state index is 6.86. The molecule has 3 nitrogen and oxygen atoms in total. The zero-order chi connectivity index (χ0) is 7.54. The van der Waals surface area contributed by atoms with Crippen LogP contribution in [0.25, 0.3) is 10.4 Å². The van der Waals surface area contributed by atoms with Gasteiger partial charge in [-0.05, 0) is 23.0 Å². The summed E-state index contributed by atoms with van der Waals surface area (Å²) in [7, 11) is 2.73. The highest BCUT2D eigenvalue weighted by atomic mass is 31.0. The summed E-state index contributed by atoms with van der Waals surface area (Å²) in [6, 6.07) is 0. The van der Waals surface area contributed by atoms with Crippen LogP contribution in [0.5, 0.6) is 0 Å². The van der Waals surface area contributed by atoms with E-state index in [1.54, 1.807) is 4.91 Å². The molecule has 0 saturated carbocycles. The standard InChI is InChI=1S/C5H13P.HN3/c1-2-3-4-5-6;1-3-2/h2-6H2,1H3;1H. The van der Waals surface area contributed by atoms with Crippen LogP contribution < -0.4 is 0 Å². The summed E-state index contributed by atoms with van der Waals surface area (Å²) in [6.07, 6.45) is 5.38. The van der Waals surface area contributed by atoms with E-state index in [9.17, 15) is 0 Å². The molecule has 0 rings (SSSR count). The molecule has 0 spiro atoms. The molecular weight excluding hydrogens is 133 g/mol. The van der Waals surface area contributed by atoms with Gasteiger partial charge in [0, 0.05) is 0 Å². The van der Waals surface area contributed by atoms with Crippen LogP contribution in [0.15, 0.2) is 0 Å². The highest BCUT2D eigenvalue weighted by Crippen LogP contribution is 1.95. The molecule has 4 heteroatoms. The van der Waals surface area contributed by atoms with Crippen LogP contribution in [-0.2, 0) is 0 Å². The molecule has 0 saturated heterocycles. The highest BCUT2D eigenvalue weighted by molar-refractivity contribution is 7.16. The number of hydrogen-bond acceptors (Lipinski definition) is 1. The third kappa shape index (κ3) is 34.0. The van der Waals surface area contributed by atoms with Gasteiger partial charge in [-0.2, -0.15) is 0 Å². The van der Waals surface area contributed by atoms with Gasteiger partial charge in [0.2, 0.25) is 0 Å². The minimum absolute atomic E-state index is 1.27. The van der Waals surface area contributed by atoms with Crippen LogP contribution in [0.4, 0.5) is 0 Å². The van der Waals surface area contributed by atoms with E-state index in [0.29, 0.717) is 0 Å². The van der Waals surface area contributed by atoms with Gasteiger partial charge in [-0.3, -0.25) is 0 Å². The lowest BCUT2D eigenvalue weighted by atomic mass is 10.3. The Morgan fingerprint density at radius 2 is 2.00 bits per heavy atom. The highest BCUT2D eigenvalue weighted by Gasteiger charge is 1.75. The van der Waals surface area contributed by atoms with Gasteiger partial charge >= 0.3 is 0 Å². The van der Waals surface area contributed by atoms with Crippen molar-refractivity contribution in [3.05, 3.63) is 10.4 Å². The Bertz CT molecular complexity index is 64.6. The monoisotopic (exact) mass is 147 g/mol. The largest absolute Gasteiger partial charge is 0.138 e. The van der Waals surface area contributed by atoms with Crippen molar-refractivity contribution in [2.75, 3.05) is 6.16 Å². The molecule has 1 N–H and O–H groups in total. The van der Waals surface area contributed by atoms with E-state index in [0.717, 1.165) is 0 Å². The second-order valence-corrected chi connectivity index (χ2v) is 2.17. The smallest absolute Gasteiger partial charge is 0.00208 e. The average molecular weight is 147 g/mol. The van der Waals surface area contributed by atoms with Gasteiger partial charge in [-0.15, -0.1) is 14.8 Å². The van der Waals surface area contributed by atoms with Crippen LogP contribution >= 0.6 is 9.24 Å². The first-order valence-electron chi connectivity index (χ1n) is 3.04. The number of unbranched alkanes of at least 4 members (excludes halogenated alkanes) is 2. The zero-order valence-corrected chi connectivity index (χ0v) is 6.95. The normalized spacial score (nSPS) is 6.89. The average Bonchev–Trinajstić information content (AvgIpc) is 1.86. The lowest BCUT2D eigenvalue weighted by molar-refractivity contribution is 0.779. The summed E-state index contributed by atoms with van der Waals surface area (Å²) in [6.45, 7) is 2.22. The van der Waals surface area contributed by atoms with E-state index < -0.39 is 0 Å². The minimum atomic E-state index is 1.27. The summed E-state index contributed by atoms with van der Waals surface area (Å²) in [5.41, 5.74) is 12.2. The van der Waals surface area contributed by atoms with Crippen LogP contribution in [-0.4, -0.2) is 6.16 Å². The Kier molecular flexibility index (Phi) is 20.0. The van der Waals surface area contributed by atoms with E-state index in [4.69, 9.17) is 11.1 Å². The molecule has 0 bridgehead atoms. The van der Waals surface area contributed by atoms with Gasteiger partial charge < -0.3 is 0 Å². The fraction of sp³-hybridized carbons (Fsp3) is 1.00. The summed E-state index contributed by atoms with van der Waals surface area (Å²) < 4.78 is 0. The first-order chi connectivity index (χ1) is 4.33. The molecule has 0 radical (unpaired) electrons. The molecule has 0 aliphatic heterocycles. The second kappa shape index (κ2) is 15.6. The zero-order valence-electron chi connectivity index (χ0n) is 5.80. The molecule has 0 aliphatic carbocycles. The molecule has 0 fully saturated rings. The van der Waals surface area contributed by atoms with Crippen molar-refractivity contribution in [2.45, 2.75) is 26.2 Å². The van der Waals surface area contributed by atoms with Crippen molar-refractivity contribution in [1.29, 1.82) is 5.53 Å². The molecule has 9 heavy (non-hydrogen) atoms. The molecule has 0 aromatic heterocycles. The van der Waals surface area contributed by atoms with Crippen LogP contribution in [0.1, 0.15) is 26.2 Å². The third-order valence-electron chi connectivity index (χ3n) is 0.808. The Labute approximate surface area is 58.5 Å². The van der Waals surface area contributed by atoms with Crippen molar-refractivity contribution in [1.82, 2.24) is 0 Å². The number of rotatable bonds is 3. The van der Waals surface area contributed by atoms with Crippen LogP contribution in [0, 0.1) is 5.53 Å². The Morgan fingerprint density at radius 1 is 1.56 bits per heavy atom. The SMILES string of the molecule is CCCCCP.[N-]=[N+]=N. The summed E-state index contributed by atoms with van der Waals surface area (Å²) >= 11 is 0. The van der Waals surface area contributed by atoms with Crippen molar-refractivity contribution in [2.24, 2.45) is 0 Å². The minimum Gasteiger partial charge on any atom is -0.138 e. The van der Waals surface area contributed by atoms with Crippen LogP contribution in [0.3, 0.4) is 0 Å². The molecule has 0 aliphatic rings. The number of nitrogens with zero attached hydrogens (tertiary/aromatic N) is 2. The summed E-state index contributed by atoms with van der Waals surface area (Å²) in [5.74, 6) is 0.